The van der Waals surface area contributed by atoms with E-state index in [1.54, 1.807) is 6.20 Å². The van der Waals surface area contributed by atoms with Crippen molar-refractivity contribution in [1.29, 1.82) is 0 Å². The maximum Gasteiger partial charge on any atom is 0.270 e. The summed E-state index contributed by atoms with van der Waals surface area (Å²) in [5.74, 6) is -2.85. The van der Waals surface area contributed by atoms with Crippen molar-refractivity contribution in [2.75, 3.05) is 6.54 Å². The Bertz CT molecular complexity index is 1950. The maximum atomic E-state index is 14.5. The van der Waals surface area contributed by atoms with Gasteiger partial charge in [0.2, 0.25) is 27.7 Å². The number of carbonyl (C=O) groups is 4. The third kappa shape index (κ3) is 7.62. The minimum atomic E-state index is -3.90. The number of carbonyl (C=O) groups excluding carboxylic acids is 4. The fraction of sp³-hybridized carbons (Fsp3) is 0.526. The lowest BCUT2D eigenvalue weighted by atomic mass is 9.85. The number of nitrogens with zero attached hydrogens (tertiary/aromatic N) is 3. The molecule has 4 aliphatic rings. The van der Waals surface area contributed by atoms with Gasteiger partial charge in [-0.2, -0.15) is 5.10 Å². The molecule has 3 fully saturated rings. The lowest BCUT2D eigenvalue weighted by molar-refractivity contribution is -0.144. The molecule has 4 bridgehead atoms. The van der Waals surface area contributed by atoms with E-state index in [0.717, 1.165) is 5.56 Å². The van der Waals surface area contributed by atoms with Crippen LogP contribution in [0.1, 0.15) is 83.7 Å². The molecule has 13 nitrogen and oxygen atoms in total. The predicted molar refractivity (Wildman–Crippen MR) is 195 cm³/mol. The van der Waals surface area contributed by atoms with Crippen molar-refractivity contribution in [3.63, 3.8) is 0 Å². The molecule has 14 heteroatoms. The van der Waals surface area contributed by atoms with E-state index in [-0.39, 0.29) is 37.3 Å². The van der Waals surface area contributed by atoms with Crippen LogP contribution in [0.2, 0.25) is 0 Å². The van der Waals surface area contributed by atoms with Crippen LogP contribution < -0.4 is 20.9 Å². The van der Waals surface area contributed by atoms with E-state index >= 15 is 0 Å². The molecule has 3 N–H and O–H groups in total. The van der Waals surface area contributed by atoms with Crippen LogP contribution in [0.5, 0.6) is 0 Å². The first-order valence-corrected chi connectivity index (χ1v) is 19.6. The fourth-order valence-electron chi connectivity index (χ4n) is 7.27. The number of amides is 4. The van der Waals surface area contributed by atoms with Crippen LogP contribution in [-0.4, -0.2) is 76.1 Å². The summed E-state index contributed by atoms with van der Waals surface area (Å²) >= 11 is 0. The Labute approximate surface area is 304 Å². The van der Waals surface area contributed by atoms with Crippen LogP contribution in [0.3, 0.4) is 0 Å². The predicted octanol–water partition coefficient (Wildman–Crippen LogP) is 2.93. The first-order valence-electron chi connectivity index (χ1n) is 18.1. The summed E-state index contributed by atoms with van der Waals surface area (Å²) in [5, 5.41) is 9.65. The number of aromatic nitrogens is 2. The van der Waals surface area contributed by atoms with Gasteiger partial charge in [0.25, 0.3) is 11.5 Å². The number of sulfonamides is 1. The Balaban J connectivity index is 1.38. The normalized spacial score (nSPS) is 27.6. The molecule has 3 heterocycles. The van der Waals surface area contributed by atoms with Gasteiger partial charge in [0.15, 0.2) is 0 Å². The van der Waals surface area contributed by atoms with Crippen molar-refractivity contribution < 1.29 is 27.6 Å². The molecule has 1 aromatic carbocycles. The highest BCUT2D eigenvalue weighted by Gasteiger charge is 2.62. The van der Waals surface area contributed by atoms with Gasteiger partial charge in [0.1, 0.15) is 17.6 Å². The first-order chi connectivity index (χ1) is 24.7. The second-order valence-corrected chi connectivity index (χ2v) is 17.5. The zero-order valence-electron chi connectivity index (χ0n) is 30.0. The Morgan fingerprint density at radius 3 is 2.42 bits per heavy atom. The molecule has 2 aromatic rings. The van der Waals surface area contributed by atoms with Crippen molar-refractivity contribution >= 4 is 33.7 Å². The molecule has 1 saturated heterocycles. The minimum Gasteiger partial charge on any atom is -0.344 e. The van der Waals surface area contributed by atoms with Gasteiger partial charge in [-0.25, -0.2) is 13.1 Å². The lowest BCUT2D eigenvalue weighted by Crippen LogP contribution is -2.60. The van der Waals surface area contributed by atoms with Gasteiger partial charge < -0.3 is 15.5 Å². The first kappa shape index (κ1) is 37.2. The van der Waals surface area contributed by atoms with Crippen LogP contribution in [-0.2, 0) is 35.6 Å². The molecule has 0 radical (unpaired) electrons. The van der Waals surface area contributed by atoms with E-state index < -0.39 is 68.0 Å². The highest BCUT2D eigenvalue weighted by Crippen LogP contribution is 2.46. The van der Waals surface area contributed by atoms with E-state index in [2.05, 4.69) is 27.0 Å². The summed E-state index contributed by atoms with van der Waals surface area (Å²) in [6, 6.07) is 6.62. The van der Waals surface area contributed by atoms with Crippen molar-refractivity contribution in [2.45, 2.75) is 107 Å². The van der Waals surface area contributed by atoms with Gasteiger partial charge in [-0.1, -0.05) is 69.3 Å². The average molecular weight is 733 g/mol. The number of hydrogen-bond acceptors (Lipinski definition) is 8. The highest BCUT2D eigenvalue weighted by atomic mass is 32.2. The fourth-order valence-corrected chi connectivity index (χ4v) is 8.63. The van der Waals surface area contributed by atoms with Gasteiger partial charge in [0.05, 0.1) is 17.5 Å². The number of hydrogen-bond donors (Lipinski definition) is 3. The molecule has 1 aromatic heterocycles. The SMILES string of the molecule is C=C[C@@H]1CC1(NC(=O)[C@@H]1CC2CN1C(=O)[C@H](C(C)(C)C)NC(=O)CCC/C=C/CCc1c(-c3ccccc3)cnn2c1=O)C(=O)NS(=O)(=O)C1CC1. The number of rotatable bonds is 7. The molecule has 2 saturated carbocycles. The van der Waals surface area contributed by atoms with E-state index in [1.165, 1.54) is 15.7 Å². The van der Waals surface area contributed by atoms with Crippen molar-refractivity contribution in [2.24, 2.45) is 11.3 Å². The van der Waals surface area contributed by atoms with Gasteiger partial charge in [0, 0.05) is 36.4 Å². The molecular weight excluding hydrogens is 685 g/mol. The van der Waals surface area contributed by atoms with E-state index in [0.29, 0.717) is 49.7 Å². The molecule has 2 unspecified atom stereocenters. The summed E-state index contributed by atoms with van der Waals surface area (Å²) in [7, 11) is -3.90. The van der Waals surface area contributed by atoms with Crippen LogP contribution in [0.25, 0.3) is 11.1 Å². The summed E-state index contributed by atoms with van der Waals surface area (Å²) in [6.07, 6.45) is 10.6. The summed E-state index contributed by atoms with van der Waals surface area (Å²) in [5.41, 5.74) is -0.536. The topological polar surface area (TPSA) is 177 Å². The van der Waals surface area contributed by atoms with Gasteiger partial charge in [-0.3, -0.25) is 28.7 Å². The van der Waals surface area contributed by atoms with Gasteiger partial charge >= 0.3 is 0 Å². The van der Waals surface area contributed by atoms with Crippen LogP contribution in [0, 0.1) is 11.3 Å². The zero-order chi connectivity index (χ0) is 37.4. The Morgan fingerprint density at radius 1 is 1.06 bits per heavy atom. The average Bonchev–Trinajstić information content (AvgIpc) is 4.03. The summed E-state index contributed by atoms with van der Waals surface area (Å²) in [6.45, 7) is 9.18. The van der Waals surface area contributed by atoms with E-state index in [1.807, 2.05) is 63.3 Å². The smallest absolute Gasteiger partial charge is 0.270 e. The van der Waals surface area contributed by atoms with Crippen LogP contribution in [0.15, 0.2) is 66.1 Å². The van der Waals surface area contributed by atoms with E-state index in [9.17, 15) is 32.4 Å². The highest BCUT2D eigenvalue weighted by molar-refractivity contribution is 7.91. The number of fused-ring (bicyclic) bond motifs is 5. The molecule has 52 heavy (non-hydrogen) atoms. The van der Waals surface area contributed by atoms with Gasteiger partial charge in [-0.15, -0.1) is 6.58 Å². The lowest BCUT2D eigenvalue weighted by Gasteiger charge is -2.35. The summed E-state index contributed by atoms with van der Waals surface area (Å²) in [4.78, 5) is 71.2. The molecular formula is C38H48N6O7S. The number of nitrogens with one attached hydrogen (secondary N) is 3. The van der Waals surface area contributed by atoms with Crippen LogP contribution in [0.4, 0.5) is 0 Å². The molecule has 2 aliphatic heterocycles. The van der Waals surface area contributed by atoms with Crippen molar-refractivity contribution in [1.82, 2.24) is 30.0 Å². The minimum absolute atomic E-state index is 0.00383. The largest absolute Gasteiger partial charge is 0.344 e. The summed E-state index contributed by atoms with van der Waals surface area (Å²) < 4.78 is 28.9. The molecule has 5 atom stereocenters. The molecule has 0 spiro atoms. The van der Waals surface area contributed by atoms with Crippen LogP contribution >= 0.6 is 0 Å². The second-order valence-electron chi connectivity index (χ2n) is 15.5. The van der Waals surface area contributed by atoms with E-state index in [4.69, 9.17) is 0 Å². The van der Waals surface area contributed by atoms with Crippen molar-refractivity contribution in [3.8, 4) is 11.1 Å². The number of benzene rings is 1. The Kier molecular flexibility index (Phi) is 10.3. The van der Waals surface area contributed by atoms with Crippen molar-refractivity contribution in [3.05, 3.63) is 77.3 Å². The Morgan fingerprint density at radius 2 is 1.77 bits per heavy atom. The monoisotopic (exact) mass is 732 g/mol. The molecule has 278 valence electrons. The molecule has 6 rings (SSSR count). The zero-order valence-corrected chi connectivity index (χ0v) is 30.8. The van der Waals surface area contributed by atoms with Gasteiger partial charge in [-0.05, 0) is 55.9 Å². The number of allylic oxidation sites excluding steroid dienone is 2. The molecule has 2 aliphatic carbocycles. The molecule has 4 amide bonds. The third-order valence-electron chi connectivity index (χ3n) is 10.6. The maximum absolute atomic E-state index is 14.5. The second kappa shape index (κ2) is 14.4. The quantitative estimate of drug-likeness (QED) is 0.364. The Hall–Kier alpha value is -4.59. The third-order valence-corrected chi connectivity index (χ3v) is 12.4. The standard InChI is InChI=1S/C38H48N6O7S/c1-5-25-21-38(25,36(49)42-52(50,51)27-18-19-27)41-33(46)30-20-26-23-43(30)35(48)32(37(2,3)4)40-31(45)17-13-8-6-7-12-16-28-29(22-39-44(26)34(28)47)24-14-10-9-11-15-24/h5-7,9-11,14-15,22,25-27,30,32H,1,8,12-13,16-21,23H2,2-4H3,(H,40,45)(H,41,46)(H,42,49)/b7-6+/t25-,26?,30+,32-,38?/m1/s1.